The van der Waals surface area contributed by atoms with E-state index in [9.17, 15) is 17.6 Å². The Bertz CT molecular complexity index is 817. The van der Waals surface area contributed by atoms with Crippen molar-refractivity contribution in [2.45, 2.75) is 4.90 Å². The minimum absolute atomic E-state index is 0.0157. The fourth-order valence-electron chi connectivity index (χ4n) is 1.62. The number of hydrogen-bond donors (Lipinski definition) is 1. The van der Waals surface area contributed by atoms with Crippen molar-refractivity contribution in [3.8, 4) is 0 Å². The van der Waals surface area contributed by atoms with Gasteiger partial charge in [-0.1, -0.05) is 0 Å². The number of sulfonamides is 1. The highest BCUT2D eigenvalue weighted by atomic mass is 35.5. The molecule has 0 radical (unpaired) electrons. The molecule has 0 saturated heterocycles. The molecule has 118 valence electrons. The Balaban J connectivity index is 2.36. The highest BCUT2D eigenvalue weighted by molar-refractivity contribution is 7.89. The molecule has 6 nitrogen and oxygen atoms in total. The van der Waals surface area contributed by atoms with Crippen LogP contribution in [0.2, 0.25) is 5.22 Å². The van der Waals surface area contributed by atoms with E-state index in [1.807, 2.05) is 0 Å². The second kappa shape index (κ2) is 6.07. The molecule has 0 aliphatic carbocycles. The van der Waals surface area contributed by atoms with Crippen LogP contribution in [0.25, 0.3) is 0 Å². The minimum Gasteiger partial charge on any atom is -0.452 e. The van der Waals surface area contributed by atoms with Crippen LogP contribution in [-0.2, 0) is 10.0 Å². The standard InChI is InChI=1S/C13H12ClFN2O4S/c1-17(2)22(19,20)8-3-4-10(15)11(7-8)16-13(18)9-5-6-21-12(9)14/h3-7H,1-2H3,(H,16,18). The number of nitrogens with one attached hydrogen (secondary N) is 1. The number of anilines is 1. The van der Waals surface area contributed by atoms with Crippen LogP contribution in [0.4, 0.5) is 10.1 Å². The molecule has 0 spiro atoms. The first-order chi connectivity index (χ1) is 10.2. The molecule has 9 heteroatoms. The smallest absolute Gasteiger partial charge is 0.260 e. The summed E-state index contributed by atoms with van der Waals surface area (Å²) in [5.74, 6) is -1.48. The van der Waals surface area contributed by atoms with Gasteiger partial charge in [-0.05, 0) is 35.9 Å². The van der Waals surface area contributed by atoms with Crippen LogP contribution in [0.1, 0.15) is 10.4 Å². The van der Waals surface area contributed by atoms with Crippen molar-refractivity contribution in [1.29, 1.82) is 0 Å². The highest BCUT2D eigenvalue weighted by Gasteiger charge is 2.20. The largest absolute Gasteiger partial charge is 0.452 e. The van der Waals surface area contributed by atoms with Gasteiger partial charge in [0.1, 0.15) is 5.82 Å². The molecule has 2 rings (SSSR count). The SMILES string of the molecule is CN(C)S(=O)(=O)c1ccc(F)c(NC(=O)c2ccoc2Cl)c1. The summed E-state index contributed by atoms with van der Waals surface area (Å²) in [4.78, 5) is 11.8. The van der Waals surface area contributed by atoms with Crippen molar-refractivity contribution in [1.82, 2.24) is 4.31 Å². The Hall–Kier alpha value is -1.90. The summed E-state index contributed by atoms with van der Waals surface area (Å²) in [7, 11) is -1.04. The molecule has 0 aliphatic rings. The minimum atomic E-state index is -3.74. The van der Waals surface area contributed by atoms with Crippen molar-refractivity contribution < 1.29 is 22.0 Å². The van der Waals surface area contributed by atoms with Gasteiger partial charge in [0.15, 0.2) is 0 Å². The monoisotopic (exact) mass is 346 g/mol. The average molecular weight is 347 g/mol. The molecule has 0 fully saturated rings. The summed E-state index contributed by atoms with van der Waals surface area (Å²) in [6.07, 6.45) is 1.21. The molecule has 0 bridgehead atoms. The first kappa shape index (κ1) is 16.5. The number of amides is 1. The van der Waals surface area contributed by atoms with Crippen LogP contribution in [0.15, 0.2) is 39.8 Å². The quantitative estimate of drug-likeness (QED) is 0.922. The summed E-state index contributed by atoms with van der Waals surface area (Å²) >= 11 is 5.66. The Labute approximate surface area is 131 Å². The zero-order valence-corrected chi connectivity index (χ0v) is 13.2. The lowest BCUT2D eigenvalue weighted by Gasteiger charge is -2.13. The van der Waals surface area contributed by atoms with Gasteiger partial charge in [0.25, 0.3) is 5.91 Å². The Morgan fingerprint density at radius 2 is 2.00 bits per heavy atom. The van der Waals surface area contributed by atoms with Crippen molar-refractivity contribution >= 4 is 33.2 Å². The summed E-state index contributed by atoms with van der Waals surface area (Å²) in [6.45, 7) is 0. The van der Waals surface area contributed by atoms with E-state index in [-0.39, 0.29) is 21.4 Å². The van der Waals surface area contributed by atoms with Gasteiger partial charge in [0.2, 0.25) is 15.2 Å². The molecule has 0 saturated carbocycles. The fraction of sp³-hybridized carbons (Fsp3) is 0.154. The summed E-state index contributed by atoms with van der Waals surface area (Å²) in [5, 5.41) is 2.12. The summed E-state index contributed by atoms with van der Waals surface area (Å²) < 4.78 is 43.6. The van der Waals surface area contributed by atoms with Crippen LogP contribution in [0, 0.1) is 5.82 Å². The predicted octanol–water partition coefficient (Wildman–Crippen LogP) is 2.57. The van der Waals surface area contributed by atoms with Gasteiger partial charge >= 0.3 is 0 Å². The number of hydrogen-bond acceptors (Lipinski definition) is 4. The number of nitrogens with zero attached hydrogens (tertiary/aromatic N) is 1. The number of furan rings is 1. The van der Waals surface area contributed by atoms with E-state index >= 15 is 0 Å². The maximum absolute atomic E-state index is 13.8. The molecule has 0 aliphatic heterocycles. The van der Waals surface area contributed by atoms with E-state index in [4.69, 9.17) is 16.0 Å². The Kier molecular flexibility index (Phi) is 4.55. The Morgan fingerprint density at radius 1 is 1.32 bits per heavy atom. The van der Waals surface area contributed by atoms with Crippen LogP contribution >= 0.6 is 11.6 Å². The third kappa shape index (κ3) is 3.13. The molecule has 22 heavy (non-hydrogen) atoms. The van der Waals surface area contributed by atoms with Crippen LogP contribution in [0.5, 0.6) is 0 Å². The summed E-state index contributed by atoms with van der Waals surface area (Å²) in [6, 6.07) is 4.43. The summed E-state index contributed by atoms with van der Waals surface area (Å²) in [5.41, 5.74) is -0.257. The maximum atomic E-state index is 13.8. The van der Waals surface area contributed by atoms with Crippen molar-refractivity contribution in [2.75, 3.05) is 19.4 Å². The molecular formula is C13H12ClFN2O4S. The van der Waals surface area contributed by atoms with Gasteiger partial charge in [0, 0.05) is 14.1 Å². The molecule has 1 aromatic heterocycles. The van der Waals surface area contributed by atoms with Gasteiger partial charge in [-0.25, -0.2) is 17.1 Å². The predicted molar refractivity (Wildman–Crippen MR) is 78.9 cm³/mol. The number of benzene rings is 1. The third-order valence-electron chi connectivity index (χ3n) is 2.83. The molecular weight excluding hydrogens is 335 g/mol. The molecule has 1 heterocycles. The first-order valence-corrected chi connectivity index (χ1v) is 7.81. The molecule has 0 atom stereocenters. The van der Waals surface area contributed by atoms with E-state index < -0.39 is 21.7 Å². The third-order valence-corrected chi connectivity index (χ3v) is 4.93. The lowest BCUT2D eigenvalue weighted by Crippen LogP contribution is -2.22. The van der Waals surface area contributed by atoms with Gasteiger partial charge in [-0.2, -0.15) is 0 Å². The second-order valence-electron chi connectivity index (χ2n) is 4.49. The molecule has 1 aromatic carbocycles. The van der Waals surface area contributed by atoms with Gasteiger partial charge in [-0.15, -0.1) is 0 Å². The molecule has 1 N–H and O–H groups in total. The average Bonchev–Trinajstić information content (AvgIpc) is 2.87. The molecule has 2 aromatic rings. The second-order valence-corrected chi connectivity index (χ2v) is 6.99. The molecule has 1 amide bonds. The lowest BCUT2D eigenvalue weighted by molar-refractivity contribution is 0.102. The zero-order valence-electron chi connectivity index (χ0n) is 11.6. The van der Waals surface area contributed by atoms with Crippen LogP contribution in [0.3, 0.4) is 0 Å². The number of rotatable bonds is 4. The Morgan fingerprint density at radius 3 is 2.55 bits per heavy atom. The van der Waals surface area contributed by atoms with E-state index in [0.717, 1.165) is 22.5 Å². The van der Waals surface area contributed by atoms with Gasteiger partial charge < -0.3 is 9.73 Å². The van der Waals surface area contributed by atoms with Crippen molar-refractivity contribution in [3.05, 3.63) is 47.1 Å². The normalized spacial score (nSPS) is 11.7. The fourth-order valence-corrected chi connectivity index (χ4v) is 2.75. The van der Waals surface area contributed by atoms with Crippen LogP contribution < -0.4 is 5.32 Å². The van der Waals surface area contributed by atoms with Crippen molar-refractivity contribution in [3.63, 3.8) is 0 Å². The number of carbonyl (C=O) groups excluding carboxylic acids is 1. The van der Waals surface area contributed by atoms with Gasteiger partial charge in [-0.3, -0.25) is 4.79 Å². The van der Waals surface area contributed by atoms with E-state index in [1.165, 1.54) is 26.4 Å². The first-order valence-electron chi connectivity index (χ1n) is 6.00. The number of halogens is 2. The zero-order chi connectivity index (χ0) is 16.5. The molecule has 0 unspecified atom stereocenters. The van der Waals surface area contributed by atoms with E-state index in [2.05, 4.69) is 5.32 Å². The van der Waals surface area contributed by atoms with Crippen LogP contribution in [-0.4, -0.2) is 32.7 Å². The van der Waals surface area contributed by atoms with Crippen molar-refractivity contribution in [2.24, 2.45) is 0 Å². The van der Waals surface area contributed by atoms with Gasteiger partial charge in [0.05, 0.1) is 22.4 Å². The maximum Gasteiger partial charge on any atom is 0.260 e. The van der Waals surface area contributed by atoms with E-state index in [0.29, 0.717) is 0 Å². The van der Waals surface area contributed by atoms with E-state index in [1.54, 1.807) is 0 Å². The highest BCUT2D eigenvalue weighted by Crippen LogP contribution is 2.23. The lowest BCUT2D eigenvalue weighted by atomic mass is 10.2. The topological polar surface area (TPSA) is 79.6 Å². The number of carbonyl (C=O) groups is 1.